The summed E-state index contributed by atoms with van der Waals surface area (Å²) >= 11 is 0. The quantitative estimate of drug-likeness (QED) is 0.616. The fourth-order valence-corrected chi connectivity index (χ4v) is 0.204. The Hall–Kier alpha value is 0.0249. The lowest BCUT2D eigenvalue weighted by atomic mass is 9.83. The lowest BCUT2D eigenvalue weighted by Crippen LogP contribution is -2.11. The van der Waals surface area contributed by atoms with E-state index in [1.165, 1.54) is 0 Å². The van der Waals surface area contributed by atoms with Gasteiger partial charge in [-0.2, -0.15) is 0 Å². The van der Waals surface area contributed by atoms with Gasteiger partial charge in [-0.05, 0) is 13.5 Å². The second-order valence-corrected chi connectivity index (χ2v) is 0.966. The van der Waals surface area contributed by atoms with Gasteiger partial charge in [-0.1, -0.05) is 51.4 Å². The van der Waals surface area contributed by atoms with Crippen LogP contribution in [0.2, 0.25) is 6.82 Å². The topological polar surface area (TPSA) is 12.0 Å². The second-order valence-electron chi connectivity index (χ2n) is 0.966. The maximum absolute atomic E-state index is 2.96. The van der Waals surface area contributed by atoms with Crippen LogP contribution in [0.25, 0.3) is 0 Å². The van der Waals surface area contributed by atoms with E-state index in [9.17, 15) is 0 Å². The zero-order chi connectivity index (χ0) is 4.12. The molecule has 0 unspecified atom stereocenters. The van der Waals surface area contributed by atoms with Crippen LogP contribution in [0.5, 0.6) is 0 Å². The Balaban J connectivity index is -0.00000000533. The van der Waals surface area contributed by atoms with E-state index in [-0.39, 0.29) is 44.6 Å². The van der Waals surface area contributed by atoms with Gasteiger partial charge in [-0.15, -0.1) is 0 Å². The highest BCUT2D eigenvalue weighted by molar-refractivity contribution is 6.33. The van der Waals surface area contributed by atoms with Crippen molar-refractivity contribution in [3.05, 3.63) is 0 Å². The van der Waals surface area contributed by atoms with Crippen molar-refractivity contribution in [2.75, 3.05) is 13.5 Å². The zero-order valence-corrected chi connectivity index (χ0v) is 3.78. The van der Waals surface area contributed by atoms with Gasteiger partial charge in [0.05, 0.1) is 0 Å². The van der Waals surface area contributed by atoms with Crippen LogP contribution in [0.3, 0.4) is 0 Å². The minimum Gasteiger partial charge on any atom is -0.328 e. The molecule has 2 heteroatoms. The molecule has 0 amide bonds. The number of hydrogen-bond donors (Lipinski definition) is 1. The predicted octanol–water partition coefficient (Wildman–Crippen LogP) is 3.73. The molecule has 0 bridgehead atoms. The van der Waals surface area contributed by atoms with Gasteiger partial charge in [0.2, 0.25) is 0 Å². The predicted molar refractivity (Wildman–Crippen MR) is 65.9 cm³/mol. The molecule has 0 aliphatic rings. The fourth-order valence-electron chi connectivity index (χ4n) is 0.204. The van der Waals surface area contributed by atoms with E-state index < -0.39 is 0 Å². The fraction of sp³-hybridized carbons (Fsp3) is 1.00. The zero-order valence-electron chi connectivity index (χ0n) is 3.78. The van der Waals surface area contributed by atoms with Crippen LogP contribution in [0.4, 0.5) is 0 Å². The Morgan fingerprint density at radius 2 is 1.18 bits per heavy atom. The Bertz CT molecular complexity index is 17.0. The highest BCUT2D eigenvalue weighted by atomic mass is 14.8. The summed E-state index contributed by atoms with van der Waals surface area (Å²) in [5, 5.41) is 2.96. The summed E-state index contributed by atoms with van der Waals surface area (Å²) in [4.78, 5) is 0. The van der Waals surface area contributed by atoms with Gasteiger partial charge in [0.25, 0.3) is 0 Å². The number of nitrogens with one attached hydrogen (secondary N) is 1. The van der Waals surface area contributed by atoms with Crippen LogP contribution in [-0.4, -0.2) is 20.8 Å². The van der Waals surface area contributed by atoms with Crippen LogP contribution >= 0.6 is 0 Å². The molecule has 1 nitrogen and oxygen atoms in total. The molecule has 0 saturated carbocycles. The third-order valence-corrected chi connectivity index (χ3v) is 0.408. The van der Waals surface area contributed by atoms with Crippen molar-refractivity contribution in [2.24, 2.45) is 0 Å². The monoisotopic (exact) mass is 166 g/mol. The average Bonchev–Trinajstić information content (AvgIpc) is 1.41. The Morgan fingerprint density at radius 1 is 0.909 bits per heavy atom. The summed E-state index contributed by atoms with van der Waals surface area (Å²) in [6.45, 7) is 2.02. The third kappa shape index (κ3) is 157. The van der Waals surface area contributed by atoms with Crippen LogP contribution in [-0.2, 0) is 0 Å². The van der Waals surface area contributed by atoms with E-state index in [1.54, 1.807) is 0 Å². The Kier molecular flexibility index (Phi) is 555. The maximum Gasteiger partial charge on any atom is 0.124 e. The summed E-state index contributed by atoms with van der Waals surface area (Å²) < 4.78 is 0. The van der Waals surface area contributed by atoms with E-state index in [0.29, 0.717) is 0 Å². The molecule has 1 radical (unpaired) electrons. The largest absolute Gasteiger partial charge is 0.328 e. The van der Waals surface area contributed by atoms with Gasteiger partial charge >= 0.3 is 0 Å². The molecule has 0 spiro atoms. The molecule has 11 heavy (non-hydrogen) atoms. The van der Waals surface area contributed by atoms with Gasteiger partial charge < -0.3 is 5.32 Å². The molecule has 0 aliphatic carbocycles. The van der Waals surface area contributed by atoms with E-state index in [4.69, 9.17) is 0 Å². The molecule has 0 fully saturated rings. The molecule has 0 heterocycles. The molecule has 0 aliphatic heterocycles. The van der Waals surface area contributed by atoms with Crippen molar-refractivity contribution in [3.8, 4) is 0 Å². The molecule has 0 aromatic carbocycles. The maximum atomic E-state index is 2.96. The molecule has 77 valence electrons. The van der Waals surface area contributed by atoms with Crippen molar-refractivity contribution in [1.82, 2.24) is 5.32 Å². The standard InChI is InChI=1S/C3H9BN.6CH4/c1-4-3-5-2;;;;;;/h5H,3H2,1-2H3;6*1H4. The lowest BCUT2D eigenvalue weighted by molar-refractivity contribution is 0.968. The Morgan fingerprint density at radius 3 is 1.18 bits per heavy atom. The summed E-state index contributed by atoms with van der Waals surface area (Å²) in [6.07, 6.45) is 1.01. The van der Waals surface area contributed by atoms with Gasteiger partial charge in [-0.25, -0.2) is 0 Å². The highest BCUT2D eigenvalue weighted by Crippen LogP contribution is 1.44. The van der Waals surface area contributed by atoms with Crippen LogP contribution in [0.15, 0.2) is 0 Å². The molecule has 0 atom stereocenters. The minimum absolute atomic E-state index is 0. The first-order valence-electron chi connectivity index (χ1n) is 1.84. The second kappa shape index (κ2) is 89.2. The molecular formula is C9H33BN. The SMILES string of the molecule is C.C.C.C.C.C.C[B]CNC. The van der Waals surface area contributed by atoms with E-state index in [0.717, 1.165) is 6.44 Å². The van der Waals surface area contributed by atoms with Crippen molar-refractivity contribution >= 4 is 7.28 Å². The molecule has 0 aromatic heterocycles. The summed E-state index contributed by atoms with van der Waals surface area (Å²) in [6, 6.07) is 0. The first kappa shape index (κ1) is 68.4. The normalized spacial score (nSPS) is 3.45. The average molecular weight is 166 g/mol. The molecule has 0 rings (SSSR count). The number of hydrogen-bond acceptors (Lipinski definition) is 1. The van der Waals surface area contributed by atoms with Gasteiger partial charge in [-0.3, -0.25) is 0 Å². The van der Waals surface area contributed by atoms with Crippen molar-refractivity contribution in [2.45, 2.75) is 51.4 Å². The van der Waals surface area contributed by atoms with Gasteiger partial charge in [0.1, 0.15) is 7.28 Å². The summed E-state index contributed by atoms with van der Waals surface area (Å²) in [5.41, 5.74) is 0. The number of rotatable bonds is 2. The van der Waals surface area contributed by atoms with E-state index >= 15 is 0 Å². The van der Waals surface area contributed by atoms with Crippen molar-refractivity contribution in [1.29, 1.82) is 0 Å². The molecule has 0 saturated heterocycles. The van der Waals surface area contributed by atoms with Crippen LogP contribution in [0.1, 0.15) is 44.6 Å². The first-order chi connectivity index (χ1) is 2.41. The van der Waals surface area contributed by atoms with E-state index in [1.807, 2.05) is 13.9 Å². The summed E-state index contributed by atoms with van der Waals surface area (Å²) in [5.74, 6) is 0. The third-order valence-electron chi connectivity index (χ3n) is 0.408. The van der Waals surface area contributed by atoms with Crippen molar-refractivity contribution < 1.29 is 0 Å². The first-order valence-corrected chi connectivity index (χ1v) is 1.84. The van der Waals surface area contributed by atoms with Crippen LogP contribution < -0.4 is 5.32 Å². The molecule has 1 N–H and O–H groups in total. The smallest absolute Gasteiger partial charge is 0.124 e. The highest BCUT2D eigenvalue weighted by Gasteiger charge is 1.68. The summed E-state index contributed by atoms with van der Waals surface area (Å²) in [7, 11) is 4.00. The Labute approximate surface area is 78.2 Å². The molecule has 0 aromatic rings. The van der Waals surface area contributed by atoms with E-state index in [2.05, 4.69) is 12.6 Å². The van der Waals surface area contributed by atoms with Gasteiger partial charge in [0, 0.05) is 0 Å². The molecular weight excluding hydrogens is 133 g/mol. The lowest BCUT2D eigenvalue weighted by Gasteiger charge is -1.82. The van der Waals surface area contributed by atoms with Gasteiger partial charge in [0.15, 0.2) is 0 Å². The van der Waals surface area contributed by atoms with Crippen LogP contribution in [0, 0.1) is 0 Å². The van der Waals surface area contributed by atoms with Crippen molar-refractivity contribution in [3.63, 3.8) is 0 Å². The minimum atomic E-state index is 0.